The molecule has 0 radical (unpaired) electrons. The molecule has 42 heavy (non-hydrogen) atoms. The summed E-state index contributed by atoms with van der Waals surface area (Å²) in [5, 5.41) is 10.9. The van der Waals surface area contributed by atoms with E-state index in [0.29, 0.717) is 43.1 Å². The first-order valence-electron chi connectivity index (χ1n) is 14.0. The summed E-state index contributed by atoms with van der Waals surface area (Å²) in [7, 11) is 0. The van der Waals surface area contributed by atoms with Crippen molar-refractivity contribution in [3.63, 3.8) is 0 Å². The van der Waals surface area contributed by atoms with E-state index in [4.69, 9.17) is 31.0 Å². The SMILES string of the molecule is Cc1cc(Cl)c(OCCOc2ccc(C3=C(C(=O)N(Cc4ccccc4Br)C4CC4)CNCC3)cc2)cc1C.O=CO. The lowest BCUT2D eigenvalue weighted by Crippen LogP contribution is -2.39. The van der Waals surface area contributed by atoms with Gasteiger partial charge in [-0.15, -0.1) is 0 Å². The monoisotopic (exact) mass is 654 g/mol. The van der Waals surface area contributed by atoms with E-state index in [2.05, 4.69) is 44.3 Å². The normalized spacial score (nSPS) is 14.5. The quantitative estimate of drug-likeness (QED) is 0.184. The van der Waals surface area contributed by atoms with Crippen molar-refractivity contribution >= 4 is 45.5 Å². The molecule has 1 amide bonds. The van der Waals surface area contributed by atoms with Gasteiger partial charge in [0.1, 0.15) is 24.7 Å². The summed E-state index contributed by atoms with van der Waals surface area (Å²) >= 11 is 9.96. The molecule has 0 unspecified atom stereocenters. The van der Waals surface area contributed by atoms with E-state index in [-0.39, 0.29) is 12.4 Å². The molecule has 5 rings (SSSR count). The molecule has 7 nitrogen and oxygen atoms in total. The van der Waals surface area contributed by atoms with Gasteiger partial charge in [0.15, 0.2) is 0 Å². The topological polar surface area (TPSA) is 88.1 Å². The van der Waals surface area contributed by atoms with Crippen LogP contribution >= 0.6 is 27.5 Å². The van der Waals surface area contributed by atoms with Gasteiger partial charge in [-0.1, -0.05) is 57.9 Å². The molecule has 0 atom stereocenters. The fourth-order valence-corrected chi connectivity index (χ4v) is 5.56. The average Bonchev–Trinajstić information content (AvgIpc) is 3.83. The summed E-state index contributed by atoms with van der Waals surface area (Å²) in [6.45, 7) is 6.69. The number of aryl methyl sites for hydroxylation is 2. The molecular formula is C33H36BrClN2O5. The van der Waals surface area contributed by atoms with Crippen molar-refractivity contribution in [2.75, 3.05) is 26.3 Å². The second-order valence-electron chi connectivity index (χ2n) is 10.3. The Bertz CT molecular complexity index is 1420. The number of nitrogens with zero attached hydrogens (tertiary/aromatic N) is 1. The van der Waals surface area contributed by atoms with Crippen molar-refractivity contribution in [1.29, 1.82) is 0 Å². The van der Waals surface area contributed by atoms with Gasteiger partial charge in [-0.3, -0.25) is 9.59 Å². The molecule has 0 aromatic heterocycles. The molecule has 1 aliphatic heterocycles. The second kappa shape index (κ2) is 15.2. The van der Waals surface area contributed by atoms with Crippen LogP contribution in [0, 0.1) is 13.8 Å². The third-order valence-corrected chi connectivity index (χ3v) is 8.45. The van der Waals surface area contributed by atoms with Crippen LogP contribution in [-0.2, 0) is 16.1 Å². The van der Waals surface area contributed by atoms with E-state index in [1.54, 1.807) is 0 Å². The van der Waals surface area contributed by atoms with Crippen molar-refractivity contribution in [3.8, 4) is 11.5 Å². The summed E-state index contributed by atoms with van der Waals surface area (Å²) in [6.07, 6.45) is 2.95. The second-order valence-corrected chi connectivity index (χ2v) is 11.6. The van der Waals surface area contributed by atoms with E-state index in [9.17, 15) is 4.79 Å². The minimum absolute atomic E-state index is 0.137. The zero-order chi connectivity index (χ0) is 30.1. The Balaban J connectivity index is 0.00000129. The van der Waals surface area contributed by atoms with E-state index in [0.717, 1.165) is 69.4 Å². The summed E-state index contributed by atoms with van der Waals surface area (Å²) in [6, 6.07) is 20.4. The Morgan fingerprint density at radius 1 is 1.07 bits per heavy atom. The lowest BCUT2D eigenvalue weighted by Gasteiger charge is -2.28. The van der Waals surface area contributed by atoms with E-state index < -0.39 is 0 Å². The molecule has 1 fully saturated rings. The van der Waals surface area contributed by atoms with Gasteiger partial charge >= 0.3 is 0 Å². The first-order valence-corrected chi connectivity index (χ1v) is 15.2. The number of carbonyl (C=O) groups excluding carboxylic acids is 1. The van der Waals surface area contributed by atoms with Crippen molar-refractivity contribution in [3.05, 3.63) is 98.0 Å². The Kier molecular flexibility index (Phi) is 11.5. The predicted molar refractivity (Wildman–Crippen MR) is 169 cm³/mol. The van der Waals surface area contributed by atoms with Gasteiger partial charge in [-0.2, -0.15) is 0 Å². The van der Waals surface area contributed by atoms with Crippen LogP contribution in [0.25, 0.3) is 5.57 Å². The van der Waals surface area contributed by atoms with E-state index >= 15 is 0 Å². The largest absolute Gasteiger partial charge is 0.490 e. The lowest BCUT2D eigenvalue weighted by atomic mass is 9.93. The maximum Gasteiger partial charge on any atom is 0.290 e. The minimum atomic E-state index is -0.250. The summed E-state index contributed by atoms with van der Waals surface area (Å²) in [5.74, 6) is 1.58. The number of halogens is 2. The maximum atomic E-state index is 13.9. The predicted octanol–water partition coefficient (Wildman–Crippen LogP) is 6.82. The summed E-state index contributed by atoms with van der Waals surface area (Å²) in [4.78, 5) is 24.3. The Morgan fingerprint density at radius 2 is 1.74 bits per heavy atom. The maximum absolute atomic E-state index is 13.9. The number of hydrogen-bond acceptors (Lipinski definition) is 5. The number of hydrogen-bond donors (Lipinski definition) is 2. The number of rotatable bonds is 10. The molecular weight excluding hydrogens is 620 g/mol. The van der Waals surface area contributed by atoms with Crippen LogP contribution in [0.1, 0.15) is 41.5 Å². The molecule has 1 heterocycles. The molecule has 0 bridgehead atoms. The van der Waals surface area contributed by atoms with Crippen LogP contribution in [0.15, 0.2) is 70.7 Å². The first-order chi connectivity index (χ1) is 20.3. The molecule has 2 aliphatic rings. The summed E-state index contributed by atoms with van der Waals surface area (Å²) < 4.78 is 12.8. The molecule has 3 aromatic carbocycles. The standard InChI is InChI=1S/C32H34BrClN2O3.CH2O2/c1-21-17-30(34)31(18-22(21)2)39-16-15-38-26-11-7-23(8-12-26)27-13-14-35-19-28(27)32(37)36(25-9-10-25)20-24-5-3-4-6-29(24)33;2-1-3/h3-8,11-12,17-18,25,35H,9-10,13-16,19-20H2,1-2H3;1H,(H,2,3). The van der Waals surface area contributed by atoms with Crippen LogP contribution in [-0.4, -0.2) is 54.7 Å². The van der Waals surface area contributed by atoms with Gasteiger partial charge in [0, 0.05) is 29.2 Å². The van der Waals surface area contributed by atoms with E-state index in [1.807, 2.05) is 56.3 Å². The minimum Gasteiger partial charge on any atom is -0.490 e. The van der Waals surface area contributed by atoms with Gasteiger partial charge in [-0.05, 0) is 97.8 Å². The molecule has 0 saturated heterocycles. The number of nitrogens with one attached hydrogen (secondary N) is 1. The highest BCUT2D eigenvalue weighted by Crippen LogP contribution is 2.34. The highest BCUT2D eigenvalue weighted by Gasteiger charge is 2.35. The van der Waals surface area contributed by atoms with Crippen LogP contribution in [0.3, 0.4) is 0 Å². The third kappa shape index (κ3) is 8.37. The van der Waals surface area contributed by atoms with Crippen LogP contribution in [0.4, 0.5) is 0 Å². The van der Waals surface area contributed by atoms with Gasteiger partial charge < -0.3 is 24.8 Å². The van der Waals surface area contributed by atoms with E-state index in [1.165, 1.54) is 0 Å². The number of carboxylic acid groups (broad SMARTS) is 1. The highest BCUT2D eigenvalue weighted by molar-refractivity contribution is 9.10. The van der Waals surface area contributed by atoms with Crippen molar-refractivity contribution in [1.82, 2.24) is 10.2 Å². The highest BCUT2D eigenvalue weighted by atomic mass is 79.9. The van der Waals surface area contributed by atoms with Gasteiger partial charge in [0.25, 0.3) is 12.4 Å². The van der Waals surface area contributed by atoms with Crippen LogP contribution in [0.2, 0.25) is 5.02 Å². The Labute approximate surface area is 260 Å². The molecule has 222 valence electrons. The number of benzene rings is 3. The number of carbonyl (C=O) groups is 2. The van der Waals surface area contributed by atoms with Gasteiger partial charge in [0.2, 0.25) is 0 Å². The molecule has 3 aromatic rings. The first kappa shape index (κ1) is 31.6. The zero-order valence-corrected chi connectivity index (χ0v) is 26.2. The average molecular weight is 656 g/mol. The van der Waals surface area contributed by atoms with Crippen molar-refractivity contribution in [2.45, 2.75) is 45.7 Å². The Morgan fingerprint density at radius 3 is 2.43 bits per heavy atom. The zero-order valence-electron chi connectivity index (χ0n) is 23.9. The molecule has 2 N–H and O–H groups in total. The summed E-state index contributed by atoms with van der Waals surface area (Å²) in [5.41, 5.74) is 6.48. The molecule has 1 saturated carbocycles. The third-order valence-electron chi connectivity index (χ3n) is 7.38. The van der Waals surface area contributed by atoms with Crippen LogP contribution < -0.4 is 14.8 Å². The molecule has 1 aliphatic carbocycles. The van der Waals surface area contributed by atoms with Crippen LogP contribution in [0.5, 0.6) is 11.5 Å². The van der Waals surface area contributed by atoms with Gasteiger partial charge in [0.05, 0.1) is 5.02 Å². The fourth-order valence-electron chi connectivity index (χ4n) is 4.87. The fraction of sp³-hybridized carbons (Fsp3) is 0.333. The van der Waals surface area contributed by atoms with Crippen molar-refractivity contribution < 1.29 is 24.2 Å². The lowest BCUT2D eigenvalue weighted by molar-refractivity contribution is -0.128. The Hall–Kier alpha value is -3.33. The van der Waals surface area contributed by atoms with Crippen molar-refractivity contribution in [2.24, 2.45) is 0 Å². The number of ether oxygens (including phenoxy) is 2. The molecule has 0 spiro atoms. The number of amides is 1. The molecule has 9 heteroatoms. The van der Waals surface area contributed by atoms with Gasteiger partial charge in [-0.25, -0.2) is 0 Å². The smallest absolute Gasteiger partial charge is 0.290 e.